The van der Waals surface area contributed by atoms with Gasteiger partial charge in [0.15, 0.2) is 34.6 Å². The van der Waals surface area contributed by atoms with Crippen molar-refractivity contribution in [2.24, 2.45) is 0 Å². The molecule has 0 unspecified atom stereocenters. The van der Waals surface area contributed by atoms with Gasteiger partial charge in [-0.05, 0) is 83.9 Å². The van der Waals surface area contributed by atoms with E-state index >= 15 is 0 Å². The number of methoxy groups -OCH3 is 8. The predicted molar refractivity (Wildman–Crippen MR) is 199 cm³/mol. The molecule has 0 aromatic heterocycles. The van der Waals surface area contributed by atoms with Gasteiger partial charge in [-0.1, -0.05) is 0 Å². The second kappa shape index (κ2) is 18.6. The van der Waals surface area contributed by atoms with Crippen LogP contribution in [0.4, 0.5) is 0 Å². The van der Waals surface area contributed by atoms with Gasteiger partial charge in [0, 0.05) is 47.8 Å². The molecule has 0 radical (unpaired) electrons. The largest absolute Gasteiger partial charge is 0.497 e. The van der Waals surface area contributed by atoms with E-state index in [2.05, 4.69) is 10.6 Å². The lowest BCUT2D eigenvalue weighted by Crippen LogP contribution is -2.26. The molecule has 0 fully saturated rings. The van der Waals surface area contributed by atoms with Crippen LogP contribution in [0.2, 0.25) is 0 Å². The van der Waals surface area contributed by atoms with E-state index in [1.807, 2.05) is 48.5 Å². The molecule has 12 heteroatoms. The molecule has 0 aliphatic carbocycles. The van der Waals surface area contributed by atoms with Gasteiger partial charge in [0.1, 0.15) is 11.5 Å². The molecule has 4 aromatic carbocycles. The number of allylic oxidation sites excluding steroid dienone is 2. The molecule has 0 saturated heterocycles. The van der Waals surface area contributed by atoms with Gasteiger partial charge in [-0.15, -0.1) is 0 Å². The van der Waals surface area contributed by atoms with Crippen molar-refractivity contribution in [2.45, 2.75) is 0 Å². The molecule has 0 spiro atoms. The number of ketones is 2. The van der Waals surface area contributed by atoms with Crippen molar-refractivity contribution >= 4 is 23.0 Å². The fourth-order valence-electron chi connectivity index (χ4n) is 5.28. The maximum absolute atomic E-state index is 13.7. The maximum Gasteiger partial charge on any atom is 0.203 e. The van der Waals surface area contributed by atoms with Gasteiger partial charge in [-0.3, -0.25) is 9.59 Å². The predicted octanol–water partition coefficient (Wildman–Crippen LogP) is 6.08. The Labute approximate surface area is 303 Å². The third-order valence-electron chi connectivity index (χ3n) is 8.01. The molecular weight excluding hydrogens is 668 g/mol. The summed E-state index contributed by atoms with van der Waals surface area (Å²) < 4.78 is 43.3. The summed E-state index contributed by atoms with van der Waals surface area (Å²) in [6, 6.07) is 21.1. The van der Waals surface area contributed by atoms with Crippen LogP contribution >= 0.6 is 0 Å². The summed E-state index contributed by atoms with van der Waals surface area (Å²) in [5.41, 5.74) is 3.32. The second-order valence-corrected chi connectivity index (χ2v) is 11.0. The fourth-order valence-corrected chi connectivity index (χ4v) is 5.28. The molecule has 0 aliphatic rings. The molecule has 0 bridgehead atoms. The number of carbonyl (C=O) groups is 2. The Kier molecular flexibility index (Phi) is 13.8. The van der Waals surface area contributed by atoms with Crippen LogP contribution in [-0.2, 0) is 0 Å². The maximum atomic E-state index is 13.7. The molecular formula is C40H44N2O10. The van der Waals surface area contributed by atoms with Crippen molar-refractivity contribution in [1.29, 1.82) is 0 Å². The van der Waals surface area contributed by atoms with Crippen molar-refractivity contribution in [3.8, 4) is 46.0 Å². The first kappa shape index (κ1) is 38.5. The molecule has 4 aromatic rings. The zero-order valence-corrected chi connectivity index (χ0v) is 30.6. The lowest BCUT2D eigenvalue weighted by Gasteiger charge is -2.16. The summed E-state index contributed by atoms with van der Waals surface area (Å²) in [5.74, 6) is 2.98. The average molecular weight is 713 g/mol. The standard InChI is InChI=1S/C40H44N2O10/c1-45-29-13-9-25(10-14-29)31(23-33(43)27-19-35(47-3)39(51-7)36(20-27)48-4)41-17-18-42-32(26-11-15-30(46-2)16-12-26)24-34(44)28-21-37(49-5)40(52-8)38(22-28)50-6/h9-16,19-24,41-42H,17-18H2,1-8H3/b31-23-,32-24-. The van der Waals surface area contributed by atoms with Crippen molar-refractivity contribution in [3.63, 3.8) is 0 Å². The first-order valence-electron chi connectivity index (χ1n) is 16.1. The second-order valence-electron chi connectivity index (χ2n) is 11.0. The molecule has 0 aliphatic heterocycles. The van der Waals surface area contributed by atoms with Gasteiger partial charge in [-0.2, -0.15) is 0 Å². The molecule has 0 heterocycles. The third-order valence-corrected chi connectivity index (χ3v) is 8.01. The minimum absolute atomic E-state index is 0.291. The SMILES string of the molecule is COc1ccc(/C(=C/C(=O)c2cc(OC)c(OC)c(OC)c2)NCCN/C(=C\C(=O)c2cc(OC)c(OC)c(OC)c2)c2ccc(OC)cc2)cc1. The van der Waals surface area contributed by atoms with Crippen LogP contribution in [0.1, 0.15) is 31.8 Å². The van der Waals surface area contributed by atoms with Crippen molar-refractivity contribution < 1.29 is 47.5 Å². The summed E-state index contributed by atoms with van der Waals surface area (Å²) in [4.78, 5) is 27.3. The molecule has 2 N–H and O–H groups in total. The van der Waals surface area contributed by atoms with Gasteiger partial charge in [0.25, 0.3) is 0 Å². The molecule has 0 amide bonds. The van der Waals surface area contributed by atoms with Gasteiger partial charge in [0.2, 0.25) is 11.5 Å². The van der Waals surface area contributed by atoms with E-state index in [9.17, 15) is 9.59 Å². The third kappa shape index (κ3) is 9.27. The highest BCUT2D eigenvalue weighted by Gasteiger charge is 2.19. The Balaban J connectivity index is 1.63. The van der Waals surface area contributed by atoms with E-state index in [1.54, 1.807) is 38.5 Å². The number of nitrogens with one attached hydrogen (secondary N) is 2. The number of benzene rings is 4. The van der Waals surface area contributed by atoms with E-state index in [0.717, 1.165) is 11.1 Å². The van der Waals surface area contributed by atoms with Crippen LogP contribution in [-0.4, -0.2) is 81.5 Å². The Hall–Kier alpha value is -6.30. The number of hydrogen-bond donors (Lipinski definition) is 2. The monoisotopic (exact) mass is 712 g/mol. The molecule has 12 nitrogen and oxygen atoms in total. The van der Waals surface area contributed by atoms with E-state index in [4.69, 9.17) is 37.9 Å². The molecule has 52 heavy (non-hydrogen) atoms. The minimum atomic E-state index is -0.291. The zero-order valence-electron chi connectivity index (χ0n) is 30.6. The van der Waals surface area contributed by atoms with Crippen LogP contribution in [0.15, 0.2) is 84.9 Å². The first-order chi connectivity index (χ1) is 25.2. The van der Waals surface area contributed by atoms with Crippen LogP contribution in [0.5, 0.6) is 46.0 Å². The number of carbonyl (C=O) groups excluding carboxylic acids is 2. The van der Waals surface area contributed by atoms with Crippen LogP contribution < -0.4 is 48.5 Å². The number of ether oxygens (including phenoxy) is 8. The number of hydrogen-bond acceptors (Lipinski definition) is 12. The Morgan fingerprint density at radius 1 is 0.442 bits per heavy atom. The Bertz CT molecular complexity index is 1710. The van der Waals surface area contributed by atoms with Gasteiger partial charge in [-0.25, -0.2) is 0 Å². The lowest BCUT2D eigenvalue weighted by atomic mass is 10.0. The van der Waals surface area contributed by atoms with Crippen LogP contribution in [0.3, 0.4) is 0 Å². The quantitative estimate of drug-likeness (QED) is 0.0663. The van der Waals surface area contributed by atoms with E-state index < -0.39 is 0 Å². The molecule has 0 atom stereocenters. The van der Waals surface area contributed by atoms with E-state index in [0.29, 0.717) is 81.6 Å². The first-order valence-corrected chi connectivity index (χ1v) is 16.1. The highest BCUT2D eigenvalue weighted by atomic mass is 16.5. The number of rotatable bonds is 19. The van der Waals surface area contributed by atoms with Crippen LogP contribution in [0, 0.1) is 0 Å². The Morgan fingerprint density at radius 2 is 0.750 bits per heavy atom. The van der Waals surface area contributed by atoms with Crippen LogP contribution in [0.25, 0.3) is 11.4 Å². The summed E-state index contributed by atoms with van der Waals surface area (Å²) in [7, 11) is 12.1. The van der Waals surface area contributed by atoms with Gasteiger partial charge in [0.05, 0.1) is 56.9 Å². The minimum Gasteiger partial charge on any atom is -0.497 e. The zero-order chi connectivity index (χ0) is 37.6. The smallest absolute Gasteiger partial charge is 0.203 e. The van der Waals surface area contributed by atoms with Gasteiger partial charge >= 0.3 is 0 Å². The van der Waals surface area contributed by atoms with Crippen molar-refractivity contribution in [3.05, 3.63) is 107 Å². The molecule has 0 saturated carbocycles. The van der Waals surface area contributed by atoms with Crippen molar-refractivity contribution in [2.75, 3.05) is 70.0 Å². The normalized spacial score (nSPS) is 11.2. The Morgan fingerprint density at radius 3 is 1.00 bits per heavy atom. The van der Waals surface area contributed by atoms with E-state index in [1.165, 1.54) is 54.8 Å². The summed E-state index contributed by atoms with van der Waals surface area (Å²) in [6.45, 7) is 0.735. The topological polar surface area (TPSA) is 132 Å². The van der Waals surface area contributed by atoms with E-state index in [-0.39, 0.29) is 11.6 Å². The highest BCUT2D eigenvalue weighted by Crippen LogP contribution is 2.39. The highest BCUT2D eigenvalue weighted by molar-refractivity contribution is 6.10. The summed E-state index contributed by atoms with van der Waals surface area (Å²) >= 11 is 0. The summed E-state index contributed by atoms with van der Waals surface area (Å²) in [5, 5.41) is 6.75. The van der Waals surface area contributed by atoms with Gasteiger partial charge < -0.3 is 48.5 Å². The average Bonchev–Trinajstić information content (AvgIpc) is 3.19. The molecule has 274 valence electrons. The molecule has 4 rings (SSSR count). The van der Waals surface area contributed by atoms with Crippen molar-refractivity contribution in [1.82, 2.24) is 10.6 Å². The fraction of sp³-hybridized carbons (Fsp3) is 0.250. The lowest BCUT2D eigenvalue weighted by molar-refractivity contribution is 0.103. The summed E-state index contributed by atoms with van der Waals surface area (Å²) in [6.07, 6.45) is 3.02.